The number of aliphatic hydroxyl groups excluding tert-OH is 1. The Hall–Kier alpha value is -2.09. The van der Waals surface area contributed by atoms with Crippen molar-refractivity contribution in [2.45, 2.75) is 43.9 Å². The zero-order valence-corrected chi connectivity index (χ0v) is 11.6. The first-order valence-electron chi connectivity index (χ1n) is 7.16. The van der Waals surface area contributed by atoms with Gasteiger partial charge >= 0.3 is 5.69 Å². The number of piperidine rings is 1. The van der Waals surface area contributed by atoms with Gasteiger partial charge in [0.2, 0.25) is 0 Å². The van der Waals surface area contributed by atoms with E-state index >= 15 is 0 Å². The van der Waals surface area contributed by atoms with Gasteiger partial charge < -0.3 is 20.7 Å². The van der Waals surface area contributed by atoms with E-state index in [2.05, 4.69) is 19.9 Å². The molecular formula is C13H19N5O3. The van der Waals surface area contributed by atoms with Crippen LogP contribution in [0.25, 0.3) is 0 Å². The van der Waals surface area contributed by atoms with E-state index in [0.29, 0.717) is 12.4 Å². The third kappa shape index (κ3) is 2.71. The Balaban J connectivity index is 1.87. The van der Waals surface area contributed by atoms with Crippen LogP contribution in [-0.4, -0.2) is 44.6 Å². The molecule has 0 saturated carbocycles. The fourth-order valence-corrected chi connectivity index (χ4v) is 3.18. The summed E-state index contributed by atoms with van der Waals surface area (Å²) in [6.45, 7) is 0.894. The minimum Gasteiger partial charge on any atom is -0.385 e. The van der Waals surface area contributed by atoms with Gasteiger partial charge in [0.05, 0.1) is 11.7 Å². The number of aromatic nitrogens is 2. The summed E-state index contributed by atoms with van der Waals surface area (Å²) in [5.74, 6) is 0.433. The summed E-state index contributed by atoms with van der Waals surface area (Å²) in [6, 6.07) is 1.01. The highest BCUT2D eigenvalue weighted by Gasteiger charge is 2.34. The average Bonchev–Trinajstić information content (AvgIpc) is 2.45. The normalized spacial score (nSPS) is 26.9. The van der Waals surface area contributed by atoms with E-state index in [1.165, 1.54) is 6.07 Å². The molecule has 2 aliphatic heterocycles. The quantitative estimate of drug-likeness (QED) is 0.558. The molecule has 0 radical (unpaired) electrons. The lowest BCUT2D eigenvalue weighted by Gasteiger charge is -2.42. The summed E-state index contributed by atoms with van der Waals surface area (Å²) in [6.07, 6.45) is 2.88. The highest BCUT2D eigenvalue weighted by molar-refractivity contribution is 5.79. The van der Waals surface area contributed by atoms with Crippen LogP contribution in [0.2, 0.25) is 0 Å². The molecule has 21 heavy (non-hydrogen) atoms. The Morgan fingerprint density at radius 2 is 2.19 bits per heavy atom. The number of nitrogens with one attached hydrogen (secondary N) is 2. The number of fused-ring (bicyclic) bond motifs is 1. The molecule has 1 aromatic heterocycles. The number of hydrogen-bond donors (Lipinski definition) is 4. The fraction of sp³-hybridized carbons (Fsp3) is 0.615. The van der Waals surface area contributed by atoms with Gasteiger partial charge in [0.15, 0.2) is 5.96 Å². The molecule has 5 N–H and O–H groups in total. The van der Waals surface area contributed by atoms with Gasteiger partial charge in [-0.1, -0.05) is 0 Å². The number of nitrogens with two attached hydrogens (primary N) is 1. The second-order valence-electron chi connectivity index (χ2n) is 5.62. The SMILES string of the molecule is NC1=N[C@@H]([C@@H](O)c2cc(=O)[nH]c(=O)[nH]2)C[C@H]2CCCCN12. The van der Waals surface area contributed by atoms with Crippen LogP contribution in [0.15, 0.2) is 20.6 Å². The first-order valence-corrected chi connectivity index (χ1v) is 7.16. The van der Waals surface area contributed by atoms with Gasteiger partial charge in [-0.2, -0.15) is 0 Å². The molecule has 3 rings (SSSR count). The largest absolute Gasteiger partial charge is 0.385 e. The van der Waals surface area contributed by atoms with Crippen molar-refractivity contribution < 1.29 is 5.11 Å². The minimum atomic E-state index is -1.04. The number of rotatable bonds is 2. The summed E-state index contributed by atoms with van der Waals surface area (Å²) in [7, 11) is 0. The Labute approximate surface area is 120 Å². The molecule has 0 bridgehead atoms. The van der Waals surface area contributed by atoms with Crippen molar-refractivity contribution in [2.24, 2.45) is 10.7 Å². The van der Waals surface area contributed by atoms with Crippen molar-refractivity contribution in [3.05, 3.63) is 32.6 Å². The van der Waals surface area contributed by atoms with E-state index in [-0.39, 0.29) is 11.7 Å². The van der Waals surface area contributed by atoms with E-state index in [4.69, 9.17) is 5.73 Å². The van der Waals surface area contributed by atoms with Crippen molar-refractivity contribution in [1.29, 1.82) is 0 Å². The maximum Gasteiger partial charge on any atom is 0.325 e. The molecule has 3 atom stereocenters. The standard InChI is InChI=1S/C13H19N5O3/c14-12-15-8(5-7-3-1-2-4-18(7)12)11(20)9-6-10(19)17-13(21)16-9/h6-8,11,20H,1-5H2,(H2,14,15)(H2,16,17,19,21)/t7-,8-,11-/m1/s1. The van der Waals surface area contributed by atoms with Crippen molar-refractivity contribution >= 4 is 5.96 Å². The zero-order chi connectivity index (χ0) is 15.0. The molecule has 0 unspecified atom stereocenters. The van der Waals surface area contributed by atoms with Crippen LogP contribution < -0.4 is 17.0 Å². The third-order valence-corrected chi connectivity index (χ3v) is 4.20. The van der Waals surface area contributed by atoms with E-state index in [1.54, 1.807) is 0 Å². The summed E-state index contributed by atoms with van der Waals surface area (Å²) in [4.78, 5) is 33.6. The van der Waals surface area contributed by atoms with Crippen LogP contribution >= 0.6 is 0 Å². The molecule has 1 aromatic rings. The third-order valence-electron chi connectivity index (χ3n) is 4.20. The van der Waals surface area contributed by atoms with Gasteiger partial charge in [-0.15, -0.1) is 0 Å². The maximum absolute atomic E-state index is 11.3. The number of guanidine groups is 1. The smallest absolute Gasteiger partial charge is 0.325 e. The Bertz CT molecular complexity index is 636. The lowest BCUT2D eigenvalue weighted by molar-refractivity contribution is 0.103. The van der Waals surface area contributed by atoms with E-state index < -0.39 is 23.4 Å². The fourth-order valence-electron chi connectivity index (χ4n) is 3.18. The monoisotopic (exact) mass is 293 g/mol. The summed E-state index contributed by atoms with van der Waals surface area (Å²) < 4.78 is 0. The van der Waals surface area contributed by atoms with E-state index in [0.717, 1.165) is 25.8 Å². The predicted molar refractivity (Wildman–Crippen MR) is 77.0 cm³/mol. The Kier molecular flexibility index (Phi) is 3.54. The lowest BCUT2D eigenvalue weighted by atomic mass is 9.91. The molecule has 0 aliphatic carbocycles. The van der Waals surface area contributed by atoms with Gasteiger partial charge in [-0.05, 0) is 25.7 Å². The number of aromatic amines is 2. The summed E-state index contributed by atoms with van der Waals surface area (Å²) >= 11 is 0. The van der Waals surface area contributed by atoms with Crippen molar-refractivity contribution in [1.82, 2.24) is 14.9 Å². The number of H-pyrrole nitrogens is 2. The van der Waals surface area contributed by atoms with Gasteiger partial charge in [-0.25, -0.2) is 9.79 Å². The van der Waals surface area contributed by atoms with Crippen LogP contribution in [0, 0.1) is 0 Å². The van der Waals surface area contributed by atoms with Crippen molar-refractivity contribution in [3.63, 3.8) is 0 Å². The Morgan fingerprint density at radius 1 is 1.38 bits per heavy atom. The van der Waals surface area contributed by atoms with Gasteiger partial charge in [-0.3, -0.25) is 9.78 Å². The van der Waals surface area contributed by atoms with Crippen LogP contribution in [0.1, 0.15) is 37.5 Å². The second-order valence-corrected chi connectivity index (χ2v) is 5.62. The van der Waals surface area contributed by atoms with Gasteiger partial charge in [0, 0.05) is 18.7 Å². The topological polar surface area (TPSA) is 128 Å². The first kappa shape index (κ1) is 13.9. The average molecular weight is 293 g/mol. The highest BCUT2D eigenvalue weighted by Crippen LogP contribution is 2.30. The molecule has 1 saturated heterocycles. The molecule has 0 aromatic carbocycles. The highest BCUT2D eigenvalue weighted by atomic mass is 16.3. The number of hydrogen-bond acceptors (Lipinski definition) is 6. The van der Waals surface area contributed by atoms with Crippen LogP contribution in [0.3, 0.4) is 0 Å². The molecular weight excluding hydrogens is 274 g/mol. The molecule has 1 fully saturated rings. The lowest BCUT2D eigenvalue weighted by Crippen LogP contribution is -2.52. The van der Waals surface area contributed by atoms with Crippen molar-refractivity contribution in [2.75, 3.05) is 6.54 Å². The molecule has 0 spiro atoms. The molecule has 3 heterocycles. The van der Waals surface area contributed by atoms with Crippen molar-refractivity contribution in [3.8, 4) is 0 Å². The molecule has 8 heteroatoms. The summed E-state index contributed by atoms with van der Waals surface area (Å²) in [5, 5.41) is 10.4. The van der Waals surface area contributed by atoms with Gasteiger partial charge in [0.1, 0.15) is 6.10 Å². The molecule has 2 aliphatic rings. The van der Waals surface area contributed by atoms with Crippen LogP contribution in [0.5, 0.6) is 0 Å². The van der Waals surface area contributed by atoms with Gasteiger partial charge in [0.25, 0.3) is 5.56 Å². The van der Waals surface area contributed by atoms with Crippen LogP contribution in [-0.2, 0) is 0 Å². The number of aliphatic hydroxyl groups is 1. The zero-order valence-electron chi connectivity index (χ0n) is 11.6. The molecule has 0 amide bonds. The Morgan fingerprint density at radius 3 is 2.95 bits per heavy atom. The molecule has 114 valence electrons. The molecule has 8 nitrogen and oxygen atoms in total. The number of nitrogens with zero attached hydrogens (tertiary/aromatic N) is 2. The number of aliphatic imine (C=N–C) groups is 1. The van der Waals surface area contributed by atoms with E-state index in [9.17, 15) is 14.7 Å². The minimum absolute atomic E-state index is 0.176. The van der Waals surface area contributed by atoms with E-state index in [1.807, 2.05) is 0 Å². The second kappa shape index (κ2) is 5.36. The maximum atomic E-state index is 11.3. The summed E-state index contributed by atoms with van der Waals surface area (Å²) in [5.41, 5.74) is 4.98. The predicted octanol–water partition coefficient (Wildman–Crippen LogP) is -0.962. The van der Waals surface area contributed by atoms with Crippen LogP contribution in [0.4, 0.5) is 0 Å². The first-order chi connectivity index (χ1) is 10.0.